The number of rotatable bonds is 6. The molecular weight excluding hydrogens is 348 g/mol. The molecule has 0 heterocycles. The fourth-order valence-corrected chi connectivity index (χ4v) is 3.38. The molecule has 0 unspecified atom stereocenters. The van der Waals surface area contributed by atoms with Gasteiger partial charge in [-0.3, -0.25) is 0 Å². The van der Waals surface area contributed by atoms with E-state index in [0.29, 0.717) is 12.1 Å². The number of hydrogen-bond acceptors (Lipinski definition) is 0. The van der Waals surface area contributed by atoms with Crippen molar-refractivity contribution in [3.8, 4) is 0 Å². The van der Waals surface area contributed by atoms with Gasteiger partial charge in [0.2, 0.25) is 0 Å². The highest BCUT2D eigenvalue weighted by Gasteiger charge is 2.06. The lowest BCUT2D eigenvalue weighted by Gasteiger charge is -2.10. The summed E-state index contributed by atoms with van der Waals surface area (Å²) in [5.74, 6) is 0. The van der Waals surface area contributed by atoms with Crippen LogP contribution in [-0.2, 0) is 0 Å². The van der Waals surface area contributed by atoms with Gasteiger partial charge in [0.15, 0.2) is 0 Å². The molecule has 0 aromatic heterocycles. The van der Waals surface area contributed by atoms with E-state index in [1.807, 2.05) is 121 Å². The first-order valence-electron chi connectivity index (χ1n) is 10.8. The molecule has 4 aromatic carbocycles. The molecule has 140 valence electrons. The maximum Gasteiger partial charge on any atom is 0.0586 e. The Kier molecular flexibility index (Phi) is 5.36. The van der Waals surface area contributed by atoms with Crippen LogP contribution < -0.4 is 0 Å². The Morgan fingerprint density at radius 3 is 0.931 bits per heavy atom. The average Bonchev–Trinajstić information content (AvgIpc) is 2.82. The van der Waals surface area contributed by atoms with Crippen molar-refractivity contribution in [2.45, 2.75) is 6.42 Å². The molecule has 0 aliphatic heterocycles. The third-order valence-corrected chi connectivity index (χ3v) is 4.78. The number of allylic oxidation sites excluding steroid dienone is 2. The van der Waals surface area contributed by atoms with Crippen molar-refractivity contribution in [1.82, 2.24) is 0 Å². The summed E-state index contributed by atoms with van der Waals surface area (Å²) in [7, 11) is 0. The molecule has 0 aliphatic carbocycles. The van der Waals surface area contributed by atoms with Crippen molar-refractivity contribution >= 4 is 11.1 Å². The third-order valence-electron chi connectivity index (χ3n) is 4.78. The summed E-state index contributed by atoms with van der Waals surface area (Å²) >= 11 is 0. The lowest BCUT2D eigenvalue weighted by atomic mass is 9.94. The van der Waals surface area contributed by atoms with E-state index in [2.05, 4.69) is 0 Å². The zero-order valence-corrected chi connectivity index (χ0v) is 16.3. The molecule has 4 rings (SSSR count). The van der Waals surface area contributed by atoms with Crippen LogP contribution in [0.25, 0.3) is 11.1 Å². The van der Waals surface area contributed by atoms with Gasteiger partial charge in [0.05, 0.1) is 2.74 Å². The molecule has 0 saturated heterocycles. The normalized spacial score (nSPS) is 11.2. The van der Waals surface area contributed by atoms with Gasteiger partial charge in [0.25, 0.3) is 0 Å². The second kappa shape index (κ2) is 9.52. The van der Waals surface area contributed by atoms with Gasteiger partial charge in [-0.1, -0.05) is 133 Å². The second-order valence-electron chi connectivity index (χ2n) is 6.74. The van der Waals surface area contributed by atoms with Crippen LogP contribution in [0.15, 0.2) is 133 Å². The van der Waals surface area contributed by atoms with Crippen molar-refractivity contribution in [3.05, 3.63) is 156 Å². The molecule has 0 bridgehead atoms. The predicted octanol–water partition coefficient (Wildman–Crippen LogP) is 7.64. The molecule has 0 N–H and O–H groups in total. The highest BCUT2D eigenvalue weighted by Crippen LogP contribution is 2.27. The van der Waals surface area contributed by atoms with E-state index in [4.69, 9.17) is 2.74 Å². The summed E-state index contributed by atoms with van der Waals surface area (Å²) in [5.41, 5.74) is 5.71. The smallest absolute Gasteiger partial charge is 0.0586 e. The minimum Gasteiger partial charge on any atom is -0.0722 e. The van der Waals surface area contributed by atoms with Gasteiger partial charge in [-0.2, -0.15) is 0 Å². The van der Waals surface area contributed by atoms with E-state index in [-0.39, 0.29) is 6.42 Å². The fraction of sp³-hybridized carbons (Fsp3) is 0.0345. The molecule has 0 amide bonds. The molecule has 29 heavy (non-hydrogen) atoms. The van der Waals surface area contributed by atoms with Gasteiger partial charge in [0.1, 0.15) is 0 Å². The largest absolute Gasteiger partial charge is 0.0722 e. The molecule has 0 atom stereocenters. The van der Waals surface area contributed by atoms with E-state index in [1.165, 1.54) is 0 Å². The summed E-state index contributed by atoms with van der Waals surface area (Å²) in [6.07, 6.45) is 0.248. The van der Waals surface area contributed by atoms with Crippen molar-refractivity contribution < 1.29 is 2.74 Å². The van der Waals surface area contributed by atoms with Crippen molar-refractivity contribution in [2.75, 3.05) is 0 Å². The maximum atomic E-state index is 8.98. The first-order valence-corrected chi connectivity index (χ1v) is 9.85. The monoisotopic (exact) mass is 374 g/mol. The van der Waals surface area contributed by atoms with Gasteiger partial charge in [0, 0.05) is 0 Å². The van der Waals surface area contributed by atoms with Crippen LogP contribution in [-0.4, -0.2) is 0 Å². The Morgan fingerprint density at radius 2 is 0.690 bits per heavy atom. The summed E-state index contributed by atoms with van der Waals surface area (Å²) in [6, 6.07) is 40.9. The van der Waals surface area contributed by atoms with Crippen LogP contribution in [0.1, 0.15) is 31.4 Å². The highest BCUT2D eigenvalue weighted by atomic mass is 14.1. The Balaban J connectivity index is 1.85. The van der Waals surface area contributed by atoms with Gasteiger partial charge in [-0.15, -0.1) is 0 Å². The summed E-state index contributed by atoms with van der Waals surface area (Å²) in [6.45, 7) is 0. The van der Waals surface area contributed by atoms with Gasteiger partial charge in [-0.25, -0.2) is 0 Å². The quantitative estimate of drug-likeness (QED) is 0.325. The first kappa shape index (κ1) is 16.3. The average molecular weight is 375 g/mol. The molecule has 0 radical (unpaired) electrons. The summed E-state index contributed by atoms with van der Waals surface area (Å²) in [5, 5.41) is 0. The van der Waals surface area contributed by atoms with E-state index in [9.17, 15) is 0 Å². The SMILES string of the molecule is [2H]C(CC([2H])=C(c1ccccc1)c1ccccc1)=C(c1ccccc1)c1ccccc1. The molecule has 0 aliphatic rings. The van der Waals surface area contributed by atoms with E-state index in [1.54, 1.807) is 0 Å². The second-order valence-corrected chi connectivity index (χ2v) is 6.74. The van der Waals surface area contributed by atoms with Crippen LogP contribution in [0.3, 0.4) is 0 Å². The first-order chi connectivity index (χ1) is 15.2. The number of benzene rings is 4. The minimum absolute atomic E-state index is 0.248. The third kappa shape index (κ3) is 4.80. The zero-order chi connectivity index (χ0) is 21.5. The molecule has 0 saturated carbocycles. The maximum absolute atomic E-state index is 8.98. The molecule has 0 spiro atoms. The highest BCUT2D eigenvalue weighted by molar-refractivity contribution is 5.82. The van der Waals surface area contributed by atoms with Crippen molar-refractivity contribution in [3.63, 3.8) is 0 Å². The van der Waals surface area contributed by atoms with E-state index >= 15 is 0 Å². The van der Waals surface area contributed by atoms with Crippen molar-refractivity contribution in [2.24, 2.45) is 0 Å². The molecule has 0 fully saturated rings. The Hall–Kier alpha value is -3.64. The van der Waals surface area contributed by atoms with Crippen LogP contribution >= 0.6 is 0 Å². The summed E-state index contributed by atoms with van der Waals surface area (Å²) < 4.78 is 18.0. The predicted molar refractivity (Wildman–Crippen MR) is 125 cm³/mol. The topological polar surface area (TPSA) is 0 Å². The molecule has 0 nitrogen and oxygen atoms in total. The standard InChI is InChI=1S/C29H24/c1-5-14-24(15-6-1)28(25-16-7-2-8-17-25)22-13-23-29(26-18-9-3-10-19-26)27-20-11-4-12-21-27/h1-12,14-23H,13H2/i22D,23D. The zero-order valence-electron chi connectivity index (χ0n) is 18.3. The molecule has 4 aromatic rings. The molecule has 0 heteroatoms. The Labute approximate surface area is 176 Å². The van der Waals surface area contributed by atoms with Crippen molar-refractivity contribution in [1.29, 1.82) is 0 Å². The van der Waals surface area contributed by atoms with Gasteiger partial charge >= 0.3 is 0 Å². The van der Waals surface area contributed by atoms with Crippen LogP contribution in [0.2, 0.25) is 0 Å². The molecular formula is C29H24. The van der Waals surface area contributed by atoms with E-state index in [0.717, 1.165) is 33.4 Å². The van der Waals surface area contributed by atoms with Gasteiger partial charge in [-0.05, 0) is 39.8 Å². The number of hydrogen-bond donors (Lipinski definition) is 0. The van der Waals surface area contributed by atoms with Gasteiger partial charge < -0.3 is 0 Å². The Bertz CT molecular complexity index is 997. The minimum atomic E-state index is 0.248. The van der Waals surface area contributed by atoms with E-state index < -0.39 is 0 Å². The summed E-state index contributed by atoms with van der Waals surface area (Å²) in [4.78, 5) is 0. The van der Waals surface area contributed by atoms with Crippen LogP contribution in [0, 0.1) is 0 Å². The lowest BCUT2D eigenvalue weighted by molar-refractivity contribution is 1.37. The lowest BCUT2D eigenvalue weighted by Crippen LogP contribution is -1.89. The van der Waals surface area contributed by atoms with Crippen LogP contribution in [0.4, 0.5) is 0 Å². The Morgan fingerprint density at radius 1 is 0.448 bits per heavy atom. The fourth-order valence-electron chi connectivity index (χ4n) is 3.38. The van der Waals surface area contributed by atoms with Crippen LogP contribution in [0.5, 0.6) is 0 Å².